The van der Waals surface area contributed by atoms with Crippen LogP contribution in [0.25, 0.3) is 10.9 Å². The number of hydrogen-bond donors (Lipinski definition) is 4. The van der Waals surface area contributed by atoms with Crippen LogP contribution in [0.1, 0.15) is 41.1 Å². The van der Waals surface area contributed by atoms with Crippen LogP contribution in [0.4, 0.5) is 0 Å². The molecule has 0 radical (unpaired) electrons. The topological polar surface area (TPSA) is 159 Å². The summed E-state index contributed by atoms with van der Waals surface area (Å²) in [6.45, 7) is 1.50. The van der Waals surface area contributed by atoms with Crippen LogP contribution in [0.2, 0.25) is 0 Å². The van der Waals surface area contributed by atoms with E-state index in [2.05, 4.69) is 15.6 Å². The normalized spacial score (nSPS) is 19.8. The molecule has 2 aliphatic rings. The van der Waals surface area contributed by atoms with Gasteiger partial charge in [-0.2, -0.15) is 0 Å². The minimum absolute atomic E-state index is 0.233. The van der Waals surface area contributed by atoms with Crippen LogP contribution in [0.5, 0.6) is 17.2 Å². The number of fused-ring (bicyclic) bond motifs is 1. The molecule has 2 aromatic carbocycles. The Balaban J connectivity index is 1.38. The van der Waals surface area contributed by atoms with E-state index >= 15 is 0 Å². The summed E-state index contributed by atoms with van der Waals surface area (Å²) in [4.78, 5) is 41.1. The van der Waals surface area contributed by atoms with Gasteiger partial charge in [0.15, 0.2) is 0 Å². The molecule has 1 saturated carbocycles. The number of pyridine rings is 1. The summed E-state index contributed by atoms with van der Waals surface area (Å²) < 4.78 is 11.6. The highest BCUT2D eigenvalue weighted by Gasteiger charge is 2.64. The molecular formula is C27H29N5O5. The maximum Gasteiger partial charge on any atom is 0.255 e. The molecule has 10 heteroatoms. The second kappa shape index (κ2) is 9.70. The Morgan fingerprint density at radius 2 is 1.86 bits per heavy atom. The second-order valence-electron chi connectivity index (χ2n) is 9.51. The fourth-order valence-corrected chi connectivity index (χ4v) is 5.05. The van der Waals surface area contributed by atoms with Crippen molar-refractivity contribution in [2.75, 3.05) is 20.2 Å². The van der Waals surface area contributed by atoms with E-state index in [9.17, 15) is 14.4 Å². The number of hydrogen-bond acceptors (Lipinski definition) is 7. The Morgan fingerprint density at radius 1 is 1.11 bits per heavy atom. The molecular weight excluding hydrogens is 474 g/mol. The number of aromatic nitrogens is 1. The molecule has 1 unspecified atom stereocenters. The molecule has 2 heterocycles. The maximum absolute atomic E-state index is 13.0. The molecule has 2 atom stereocenters. The van der Waals surface area contributed by atoms with Gasteiger partial charge in [-0.15, -0.1) is 0 Å². The van der Waals surface area contributed by atoms with Crippen LogP contribution >= 0.6 is 0 Å². The molecule has 1 aliphatic carbocycles. The fourth-order valence-electron chi connectivity index (χ4n) is 5.05. The summed E-state index contributed by atoms with van der Waals surface area (Å²) in [5.74, 6) is -0.506. The minimum atomic E-state index is -1.33. The first-order valence-corrected chi connectivity index (χ1v) is 12.2. The zero-order valence-corrected chi connectivity index (χ0v) is 20.5. The Labute approximate surface area is 213 Å². The van der Waals surface area contributed by atoms with Gasteiger partial charge in [0.05, 0.1) is 18.2 Å². The summed E-state index contributed by atoms with van der Waals surface area (Å²) in [5, 5.41) is 7.01. The number of amides is 3. The first kappa shape index (κ1) is 24.5. The number of nitrogens with zero attached hydrogens (tertiary/aromatic N) is 1. The predicted molar refractivity (Wildman–Crippen MR) is 136 cm³/mol. The van der Waals surface area contributed by atoms with Gasteiger partial charge in [0.25, 0.3) is 5.91 Å². The Morgan fingerprint density at radius 3 is 2.49 bits per heavy atom. The summed E-state index contributed by atoms with van der Waals surface area (Å²) >= 11 is 0. The van der Waals surface area contributed by atoms with E-state index in [-0.39, 0.29) is 17.9 Å². The largest absolute Gasteiger partial charge is 0.496 e. The number of benzene rings is 2. The number of rotatable bonds is 9. The van der Waals surface area contributed by atoms with Crippen molar-refractivity contribution in [2.45, 2.75) is 31.2 Å². The van der Waals surface area contributed by atoms with Gasteiger partial charge in [-0.25, -0.2) is 0 Å². The third-order valence-corrected chi connectivity index (χ3v) is 7.29. The first-order chi connectivity index (χ1) is 17.8. The highest BCUT2D eigenvalue weighted by molar-refractivity contribution is 6.08. The van der Waals surface area contributed by atoms with Crippen LogP contribution in [0.15, 0.2) is 48.7 Å². The fraction of sp³-hybridized carbons (Fsp3) is 0.333. The average Bonchev–Trinajstić information content (AvgIpc) is 3.46. The Bertz CT molecular complexity index is 1350. The molecule has 192 valence electrons. The van der Waals surface area contributed by atoms with Crippen molar-refractivity contribution >= 4 is 28.6 Å². The van der Waals surface area contributed by atoms with Crippen LogP contribution in [-0.4, -0.2) is 48.9 Å². The number of ether oxygens (including phenoxy) is 2. The van der Waals surface area contributed by atoms with Gasteiger partial charge in [0.1, 0.15) is 22.7 Å². The lowest BCUT2D eigenvalue weighted by atomic mass is 9.97. The van der Waals surface area contributed by atoms with E-state index < -0.39 is 17.2 Å². The van der Waals surface area contributed by atoms with E-state index in [1.54, 1.807) is 48.7 Å². The SMILES string of the molecule is COc1cc2nccc(Oc3ccc(C4CC4(C(N)=O)C(N)=O)cc3)c2cc1C(=O)NC[C@H]1CCCN1. The van der Waals surface area contributed by atoms with Crippen molar-refractivity contribution in [3.63, 3.8) is 0 Å². The number of nitrogens with one attached hydrogen (secondary N) is 2. The Hall–Kier alpha value is -4.18. The van der Waals surface area contributed by atoms with E-state index in [1.807, 2.05) is 0 Å². The van der Waals surface area contributed by atoms with Crippen molar-refractivity contribution in [3.05, 3.63) is 59.8 Å². The minimum Gasteiger partial charge on any atom is -0.496 e. The molecule has 5 rings (SSSR count). The molecule has 3 aromatic rings. The summed E-state index contributed by atoms with van der Waals surface area (Å²) in [6, 6.07) is 12.5. The summed E-state index contributed by atoms with van der Waals surface area (Å²) in [5.41, 5.74) is 11.3. The molecule has 0 bridgehead atoms. The van der Waals surface area contributed by atoms with Gasteiger partial charge in [-0.1, -0.05) is 12.1 Å². The van der Waals surface area contributed by atoms with Crippen molar-refractivity contribution in [2.24, 2.45) is 16.9 Å². The van der Waals surface area contributed by atoms with Crippen molar-refractivity contribution < 1.29 is 23.9 Å². The molecule has 1 aromatic heterocycles. The predicted octanol–water partition coefficient (Wildman–Crippen LogP) is 1.96. The van der Waals surface area contributed by atoms with E-state index in [0.717, 1.165) is 24.9 Å². The quantitative estimate of drug-likeness (QED) is 0.325. The molecule has 6 N–H and O–H groups in total. The number of carbonyl (C=O) groups is 3. The third-order valence-electron chi connectivity index (χ3n) is 7.29. The maximum atomic E-state index is 13.0. The van der Waals surface area contributed by atoms with Crippen molar-refractivity contribution in [1.82, 2.24) is 15.6 Å². The van der Waals surface area contributed by atoms with Crippen LogP contribution in [0.3, 0.4) is 0 Å². The number of nitrogens with two attached hydrogens (primary N) is 2. The van der Waals surface area contributed by atoms with E-state index in [1.165, 1.54) is 7.11 Å². The molecule has 1 aliphatic heterocycles. The third kappa shape index (κ3) is 4.55. The number of primary amides is 2. The average molecular weight is 504 g/mol. The van der Waals surface area contributed by atoms with Crippen molar-refractivity contribution in [3.8, 4) is 17.2 Å². The monoisotopic (exact) mass is 503 g/mol. The summed E-state index contributed by atoms with van der Waals surface area (Å²) in [7, 11) is 1.52. The highest BCUT2D eigenvalue weighted by atomic mass is 16.5. The van der Waals surface area contributed by atoms with Crippen molar-refractivity contribution in [1.29, 1.82) is 0 Å². The van der Waals surface area contributed by atoms with Gasteiger partial charge in [0, 0.05) is 36.2 Å². The molecule has 2 fully saturated rings. The number of methoxy groups -OCH3 is 1. The Kier molecular flexibility index (Phi) is 6.43. The van der Waals surface area contributed by atoms with Gasteiger partial charge in [-0.05, 0) is 55.6 Å². The van der Waals surface area contributed by atoms with Crippen LogP contribution in [-0.2, 0) is 9.59 Å². The van der Waals surface area contributed by atoms with E-state index in [4.69, 9.17) is 20.9 Å². The van der Waals surface area contributed by atoms with Gasteiger partial charge >= 0.3 is 0 Å². The molecule has 10 nitrogen and oxygen atoms in total. The zero-order valence-electron chi connectivity index (χ0n) is 20.5. The molecule has 1 saturated heterocycles. The van der Waals surface area contributed by atoms with Crippen LogP contribution < -0.4 is 31.6 Å². The summed E-state index contributed by atoms with van der Waals surface area (Å²) in [6.07, 6.45) is 4.05. The van der Waals surface area contributed by atoms with E-state index in [0.29, 0.717) is 46.7 Å². The first-order valence-electron chi connectivity index (χ1n) is 12.2. The lowest BCUT2D eigenvalue weighted by Gasteiger charge is -2.15. The number of carbonyl (C=O) groups excluding carboxylic acids is 3. The second-order valence-corrected chi connectivity index (χ2v) is 9.51. The van der Waals surface area contributed by atoms with Gasteiger partial charge < -0.3 is 31.6 Å². The zero-order chi connectivity index (χ0) is 26.2. The molecule has 37 heavy (non-hydrogen) atoms. The van der Waals surface area contributed by atoms with Crippen LogP contribution in [0, 0.1) is 5.41 Å². The molecule has 3 amide bonds. The lowest BCUT2D eigenvalue weighted by molar-refractivity contribution is -0.133. The lowest BCUT2D eigenvalue weighted by Crippen LogP contribution is -2.38. The van der Waals surface area contributed by atoms with Gasteiger partial charge in [0.2, 0.25) is 11.8 Å². The standard InChI is InChI=1S/C27H29N5O5/c1-36-23-12-21-18(11-19(23)24(33)32-14-16-3-2-9-30-16)22(8-10-31-21)37-17-6-4-15(5-7-17)20-13-27(20,25(28)34)26(29)35/h4-8,10-12,16,20,30H,2-3,9,13-14H2,1H3,(H2,28,34)(H2,29,35)(H,32,33)/t16-,20?/m1/s1. The smallest absolute Gasteiger partial charge is 0.255 e. The molecule has 0 spiro atoms. The highest BCUT2D eigenvalue weighted by Crippen LogP contribution is 2.59. The van der Waals surface area contributed by atoms with Gasteiger partial charge in [-0.3, -0.25) is 19.4 Å².